The first-order valence-corrected chi connectivity index (χ1v) is 14.2. The molecule has 0 amide bonds. The van der Waals surface area contributed by atoms with E-state index in [1.165, 1.54) is 116 Å². The van der Waals surface area contributed by atoms with Gasteiger partial charge in [-0.25, -0.2) is 0 Å². The van der Waals surface area contributed by atoms with Crippen molar-refractivity contribution in [3.8, 4) is 0 Å². The Morgan fingerprint density at radius 2 is 0.906 bits per heavy atom. The minimum Gasteiger partial charge on any atom is -0.493 e. The van der Waals surface area contributed by atoms with Crippen LogP contribution in [0.5, 0.6) is 0 Å². The fourth-order valence-corrected chi connectivity index (χ4v) is 4.18. The van der Waals surface area contributed by atoms with Crippen LogP contribution in [0.25, 0.3) is 0 Å². The van der Waals surface area contributed by atoms with E-state index in [1.807, 2.05) is 6.08 Å². The van der Waals surface area contributed by atoms with Crippen molar-refractivity contribution in [1.82, 2.24) is 0 Å². The summed E-state index contributed by atoms with van der Waals surface area (Å²) in [6.07, 6.45) is 30.6. The summed E-state index contributed by atoms with van der Waals surface area (Å²) in [5.41, 5.74) is 0. The highest BCUT2D eigenvalue weighted by Crippen LogP contribution is 2.19. The van der Waals surface area contributed by atoms with Gasteiger partial charge in [0.1, 0.15) is 12.9 Å². The third-order valence-electron chi connectivity index (χ3n) is 6.31. The summed E-state index contributed by atoms with van der Waals surface area (Å²) in [6, 6.07) is 0. The van der Waals surface area contributed by atoms with E-state index >= 15 is 0 Å². The van der Waals surface area contributed by atoms with Crippen molar-refractivity contribution < 1.29 is 14.2 Å². The van der Waals surface area contributed by atoms with Gasteiger partial charge in [-0.1, -0.05) is 129 Å². The SMILES string of the molecule is CCCCCCCCCCCCOC1=CCOC=C1OCCCCCCCCCCCC. The van der Waals surface area contributed by atoms with Crippen molar-refractivity contribution in [3.63, 3.8) is 0 Å². The molecule has 3 nitrogen and oxygen atoms in total. The number of unbranched alkanes of at least 4 members (excludes halogenated alkanes) is 18. The second-order valence-electron chi connectivity index (χ2n) is 9.44. The van der Waals surface area contributed by atoms with Crippen molar-refractivity contribution in [3.05, 3.63) is 23.9 Å². The van der Waals surface area contributed by atoms with Gasteiger partial charge in [-0.3, -0.25) is 0 Å². The second kappa shape index (κ2) is 23.1. The van der Waals surface area contributed by atoms with Crippen LogP contribution in [-0.4, -0.2) is 19.8 Å². The summed E-state index contributed by atoms with van der Waals surface area (Å²) < 4.78 is 17.4. The lowest BCUT2D eigenvalue weighted by Crippen LogP contribution is -2.08. The zero-order chi connectivity index (χ0) is 23.0. The molecule has 1 heterocycles. The highest BCUT2D eigenvalue weighted by atomic mass is 16.5. The molecule has 0 N–H and O–H groups in total. The molecule has 1 aliphatic rings. The summed E-state index contributed by atoms with van der Waals surface area (Å²) in [4.78, 5) is 0. The van der Waals surface area contributed by atoms with Gasteiger partial charge < -0.3 is 14.2 Å². The van der Waals surface area contributed by atoms with Crippen LogP contribution in [-0.2, 0) is 14.2 Å². The van der Waals surface area contributed by atoms with Gasteiger partial charge in [0.05, 0.1) is 13.2 Å². The Balaban J connectivity index is 1.95. The number of hydrogen-bond donors (Lipinski definition) is 0. The lowest BCUT2D eigenvalue weighted by atomic mass is 10.1. The van der Waals surface area contributed by atoms with Crippen LogP contribution in [0.2, 0.25) is 0 Å². The Bertz CT molecular complexity index is 413. The molecule has 0 saturated carbocycles. The number of rotatable bonds is 24. The Morgan fingerprint density at radius 1 is 0.531 bits per heavy atom. The van der Waals surface area contributed by atoms with E-state index in [1.54, 1.807) is 6.26 Å². The van der Waals surface area contributed by atoms with E-state index in [0.29, 0.717) is 6.61 Å². The minimum absolute atomic E-state index is 0.582. The van der Waals surface area contributed by atoms with Crippen LogP contribution in [0, 0.1) is 0 Å². The molecule has 3 heteroatoms. The fourth-order valence-electron chi connectivity index (χ4n) is 4.18. The van der Waals surface area contributed by atoms with E-state index in [9.17, 15) is 0 Å². The molecule has 0 fully saturated rings. The molecule has 0 aromatic carbocycles. The molecule has 0 spiro atoms. The standard InChI is InChI=1S/C29H54O3/c1-3-5-7-9-11-13-15-17-19-21-24-31-28-23-26-30-27-29(28)32-25-22-20-18-16-14-12-10-8-6-4-2/h23,27H,3-22,24-26H2,1-2H3. The average Bonchev–Trinajstić information content (AvgIpc) is 2.81. The van der Waals surface area contributed by atoms with Gasteiger partial charge in [0, 0.05) is 0 Å². The summed E-state index contributed by atoms with van der Waals surface area (Å²) in [5.74, 6) is 1.65. The van der Waals surface area contributed by atoms with Crippen molar-refractivity contribution in [1.29, 1.82) is 0 Å². The van der Waals surface area contributed by atoms with E-state index in [2.05, 4.69) is 13.8 Å². The largest absolute Gasteiger partial charge is 0.493 e. The third-order valence-corrected chi connectivity index (χ3v) is 6.31. The Labute approximate surface area is 200 Å². The first-order valence-electron chi connectivity index (χ1n) is 14.2. The fraction of sp³-hybridized carbons (Fsp3) is 0.862. The minimum atomic E-state index is 0.582. The molecule has 1 rings (SSSR count). The topological polar surface area (TPSA) is 27.7 Å². The van der Waals surface area contributed by atoms with Gasteiger partial charge >= 0.3 is 0 Å². The summed E-state index contributed by atoms with van der Waals surface area (Å²) in [7, 11) is 0. The van der Waals surface area contributed by atoms with E-state index in [0.717, 1.165) is 37.6 Å². The van der Waals surface area contributed by atoms with Crippen LogP contribution in [0.3, 0.4) is 0 Å². The molecule has 0 atom stereocenters. The second-order valence-corrected chi connectivity index (χ2v) is 9.44. The van der Waals surface area contributed by atoms with Gasteiger partial charge in [-0.2, -0.15) is 0 Å². The van der Waals surface area contributed by atoms with Gasteiger partial charge in [-0.05, 0) is 18.9 Å². The first kappa shape index (κ1) is 28.9. The van der Waals surface area contributed by atoms with Crippen molar-refractivity contribution >= 4 is 0 Å². The molecule has 0 radical (unpaired) electrons. The maximum absolute atomic E-state index is 6.01. The molecule has 0 aromatic heterocycles. The van der Waals surface area contributed by atoms with Crippen LogP contribution in [0.15, 0.2) is 23.9 Å². The molecule has 32 heavy (non-hydrogen) atoms. The van der Waals surface area contributed by atoms with E-state index in [4.69, 9.17) is 14.2 Å². The molecule has 0 aliphatic carbocycles. The molecule has 1 aliphatic heterocycles. The summed E-state index contributed by atoms with van der Waals surface area (Å²) in [6.45, 7) is 6.67. The van der Waals surface area contributed by atoms with Gasteiger partial charge in [-0.15, -0.1) is 0 Å². The Morgan fingerprint density at radius 3 is 1.34 bits per heavy atom. The Kier molecular flexibility index (Phi) is 20.8. The number of ether oxygens (including phenoxy) is 3. The van der Waals surface area contributed by atoms with Gasteiger partial charge in [0.25, 0.3) is 0 Å². The Hall–Kier alpha value is -1.12. The van der Waals surface area contributed by atoms with Gasteiger partial charge in [0.15, 0.2) is 11.5 Å². The highest BCUT2D eigenvalue weighted by molar-refractivity contribution is 5.21. The summed E-state index contributed by atoms with van der Waals surface area (Å²) >= 11 is 0. The first-order chi connectivity index (χ1) is 15.9. The van der Waals surface area contributed by atoms with E-state index < -0.39 is 0 Å². The predicted molar refractivity (Wildman–Crippen MR) is 138 cm³/mol. The van der Waals surface area contributed by atoms with Crippen LogP contribution < -0.4 is 0 Å². The quantitative estimate of drug-likeness (QED) is 0.137. The van der Waals surface area contributed by atoms with Crippen LogP contribution in [0.1, 0.15) is 142 Å². The molecule has 0 bridgehead atoms. The molecule has 188 valence electrons. The average molecular weight is 451 g/mol. The zero-order valence-electron chi connectivity index (χ0n) is 21.6. The number of hydrogen-bond acceptors (Lipinski definition) is 3. The smallest absolute Gasteiger partial charge is 0.195 e. The maximum atomic E-state index is 6.01. The zero-order valence-corrected chi connectivity index (χ0v) is 21.6. The monoisotopic (exact) mass is 450 g/mol. The molecule has 0 saturated heterocycles. The van der Waals surface area contributed by atoms with Crippen molar-refractivity contribution in [2.24, 2.45) is 0 Å². The lowest BCUT2D eigenvalue weighted by molar-refractivity contribution is 0.120. The summed E-state index contributed by atoms with van der Waals surface area (Å²) in [5, 5.41) is 0. The lowest BCUT2D eigenvalue weighted by Gasteiger charge is -2.18. The van der Waals surface area contributed by atoms with Gasteiger partial charge in [0.2, 0.25) is 0 Å². The van der Waals surface area contributed by atoms with E-state index in [-0.39, 0.29) is 0 Å². The third kappa shape index (κ3) is 17.4. The van der Waals surface area contributed by atoms with Crippen LogP contribution in [0.4, 0.5) is 0 Å². The predicted octanol–water partition coefficient (Wildman–Crippen LogP) is 9.62. The molecule has 0 unspecified atom stereocenters. The normalized spacial score (nSPS) is 13.4. The molecular weight excluding hydrogens is 396 g/mol. The van der Waals surface area contributed by atoms with Crippen molar-refractivity contribution in [2.75, 3.05) is 19.8 Å². The maximum Gasteiger partial charge on any atom is 0.195 e. The van der Waals surface area contributed by atoms with Crippen LogP contribution >= 0.6 is 0 Å². The molecule has 0 aromatic rings. The molecular formula is C29H54O3. The highest BCUT2D eigenvalue weighted by Gasteiger charge is 2.12. The van der Waals surface area contributed by atoms with Crippen molar-refractivity contribution in [2.45, 2.75) is 142 Å².